The van der Waals surface area contributed by atoms with E-state index in [9.17, 15) is 4.79 Å². The molecule has 1 fully saturated rings. The van der Waals surface area contributed by atoms with E-state index in [0.29, 0.717) is 24.0 Å². The third kappa shape index (κ3) is 4.17. The molecule has 2 rings (SSSR count). The van der Waals surface area contributed by atoms with Gasteiger partial charge in [0.15, 0.2) is 0 Å². The maximum Gasteiger partial charge on any atom is 0.341 e. The molecule has 1 aromatic heterocycles. The molecule has 0 bridgehead atoms. The summed E-state index contributed by atoms with van der Waals surface area (Å²) in [6, 6.07) is 0. The topological polar surface area (TPSA) is 56.1 Å². The van der Waals surface area contributed by atoms with E-state index >= 15 is 0 Å². The fourth-order valence-electron chi connectivity index (χ4n) is 2.06. The van der Waals surface area contributed by atoms with Crippen molar-refractivity contribution in [2.45, 2.75) is 18.7 Å². The van der Waals surface area contributed by atoms with Gasteiger partial charge in [-0.1, -0.05) is 0 Å². The van der Waals surface area contributed by atoms with Crippen molar-refractivity contribution in [3.05, 3.63) is 17.5 Å². The number of rotatable bonds is 6. The van der Waals surface area contributed by atoms with Gasteiger partial charge in [-0.15, -0.1) is 0 Å². The Morgan fingerprint density at radius 2 is 2.45 bits per heavy atom. The van der Waals surface area contributed by atoms with Crippen molar-refractivity contribution in [1.29, 1.82) is 0 Å². The lowest BCUT2D eigenvalue weighted by Gasteiger charge is -2.21. The molecule has 1 aliphatic rings. The Kier molecular flexibility index (Phi) is 6.25. The van der Waals surface area contributed by atoms with E-state index in [-0.39, 0.29) is 5.97 Å². The molecule has 1 aliphatic heterocycles. The number of carbonyl (C=O) groups excluding carboxylic acids is 1. The van der Waals surface area contributed by atoms with Crippen molar-refractivity contribution in [3.63, 3.8) is 0 Å². The summed E-state index contributed by atoms with van der Waals surface area (Å²) in [7, 11) is 1.85. The summed E-state index contributed by atoms with van der Waals surface area (Å²) in [6.45, 7) is 3.80. The molecule has 1 aromatic rings. The smallest absolute Gasteiger partial charge is 0.341 e. The van der Waals surface area contributed by atoms with Gasteiger partial charge >= 0.3 is 5.97 Å². The minimum absolute atomic E-state index is 0.292. The van der Waals surface area contributed by atoms with Crippen LogP contribution in [-0.2, 0) is 18.3 Å². The first-order valence-electron chi connectivity index (χ1n) is 6.80. The van der Waals surface area contributed by atoms with Crippen LogP contribution in [0, 0.1) is 0 Å². The molecule has 1 atom stereocenters. The summed E-state index contributed by atoms with van der Waals surface area (Å²) in [5.41, 5.74) is 1.45. The summed E-state index contributed by atoms with van der Waals surface area (Å²) in [5, 5.41) is 8.24. The number of thioether (sulfide) groups is 2. The molecule has 1 unspecified atom stereocenters. The van der Waals surface area contributed by atoms with E-state index in [1.165, 1.54) is 17.3 Å². The number of ether oxygens (including phenoxy) is 1. The van der Waals surface area contributed by atoms with Crippen molar-refractivity contribution in [1.82, 2.24) is 15.1 Å². The Morgan fingerprint density at radius 1 is 1.60 bits per heavy atom. The van der Waals surface area contributed by atoms with E-state index in [2.05, 4.69) is 10.4 Å². The van der Waals surface area contributed by atoms with Crippen molar-refractivity contribution in [2.24, 2.45) is 7.05 Å². The molecule has 112 valence electrons. The minimum Gasteiger partial charge on any atom is -0.462 e. The Morgan fingerprint density at radius 3 is 3.15 bits per heavy atom. The van der Waals surface area contributed by atoms with Crippen LogP contribution in [0.1, 0.15) is 23.0 Å². The Balaban J connectivity index is 1.88. The lowest BCUT2D eigenvalue weighted by Crippen LogP contribution is -2.29. The quantitative estimate of drug-likeness (QED) is 0.804. The number of hydrogen-bond acceptors (Lipinski definition) is 6. The van der Waals surface area contributed by atoms with E-state index in [1.54, 1.807) is 10.9 Å². The first-order valence-corrected chi connectivity index (χ1v) is 9.00. The van der Waals surface area contributed by atoms with Crippen molar-refractivity contribution < 1.29 is 9.53 Å². The fourth-order valence-corrected chi connectivity index (χ4v) is 4.70. The first kappa shape index (κ1) is 15.7. The van der Waals surface area contributed by atoms with E-state index in [0.717, 1.165) is 12.2 Å². The Bertz CT molecular complexity index is 445. The van der Waals surface area contributed by atoms with Crippen molar-refractivity contribution >= 4 is 29.5 Å². The van der Waals surface area contributed by atoms with Gasteiger partial charge in [-0.05, 0) is 6.92 Å². The Labute approximate surface area is 128 Å². The lowest BCUT2D eigenvalue weighted by molar-refractivity contribution is 0.0524. The van der Waals surface area contributed by atoms with Crippen LogP contribution in [0.5, 0.6) is 0 Å². The molecule has 1 N–H and O–H groups in total. The molecule has 0 aliphatic carbocycles. The number of nitrogens with one attached hydrogen (secondary N) is 1. The predicted molar refractivity (Wildman–Crippen MR) is 84.4 cm³/mol. The van der Waals surface area contributed by atoms with Crippen LogP contribution < -0.4 is 5.32 Å². The molecule has 0 aromatic carbocycles. The van der Waals surface area contributed by atoms with Gasteiger partial charge in [-0.3, -0.25) is 4.68 Å². The molecule has 0 saturated carbocycles. The lowest BCUT2D eigenvalue weighted by atomic mass is 10.2. The number of nitrogens with zero attached hydrogens (tertiary/aromatic N) is 2. The second-order valence-corrected chi connectivity index (χ2v) is 7.11. The predicted octanol–water partition coefficient (Wildman–Crippen LogP) is 1.54. The third-order valence-electron chi connectivity index (χ3n) is 3.11. The minimum atomic E-state index is -0.292. The average molecular weight is 315 g/mol. The summed E-state index contributed by atoms with van der Waals surface area (Å²) >= 11 is 4.04. The zero-order valence-electron chi connectivity index (χ0n) is 11.9. The second kappa shape index (κ2) is 7.95. The molecular weight excluding hydrogens is 294 g/mol. The molecule has 0 radical (unpaired) electrons. The maximum absolute atomic E-state index is 11.8. The van der Waals surface area contributed by atoms with Crippen molar-refractivity contribution in [2.75, 3.05) is 30.4 Å². The van der Waals surface area contributed by atoms with E-state index in [4.69, 9.17) is 4.74 Å². The van der Waals surface area contributed by atoms with Crippen LogP contribution >= 0.6 is 23.5 Å². The molecule has 7 heteroatoms. The Hall–Kier alpha value is -0.660. The highest BCUT2D eigenvalue weighted by Crippen LogP contribution is 2.23. The maximum atomic E-state index is 11.8. The molecule has 2 heterocycles. The van der Waals surface area contributed by atoms with E-state index < -0.39 is 0 Å². The first-order chi connectivity index (χ1) is 9.72. The van der Waals surface area contributed by atoms with Crippen molar-refractivity contribution in [3.8, 4) is 0 Å². The zero-order valence-corrected chi connectivity index (χ0v) is 13.6. The van der Waals surface area contributed by atoms with Gasteiger partial charge in [0, 0.05) is 42.6 Å². The summed E-state index contributed by atoms with van der Waals surface area (Å²) < 4.78 is 6.79. The molecule has 0 spiro atoms. The van der Waals surface area contributed by atoms with Gasteiger partial charge in [-0.25, -0.2) is 4.79 Å². The molecular formula is C13H21N3O2S2. The highest BCUT2D eigenvalue weighted by atomic mass is 32.2. The monoisotopic (exact) mass is 315 g/mol. The van der Waals surface area contributed by atoms with Crippen LogP contribution in [0.3, 0.4) is 0 Å². The van der Waals surface area contributed by atoms with Gasteiger partial charge in [0.2, 0.25) is 0 Å². The van der Waals surface area contributed by atoms with Crippen LogP contribution in [0.25, 0.3) is 0 Å². The van der Waals surface area contributed by atoms with Crippen LogP contribution in [0.15, 0.2) is 6.20 Å². The summed E-state index contributed by atoms with van der Waals surface area (Å²) in [5.74, 6) is 3.40. The number of hydrogen-bond donors (Lipinski definition) is 1. The van der Waals surface area contributed by atoms with Gasteiger partial charge in [-0.2, -0.15) is 28.6 Å². The fraction of sp³-hybridized carbons (Fsp3) is 0.692. The highest BCUT2D eigenvalue weighted by molar-refractivity contribution is 8.06. The molecule has 1 saturated heterocycles. The van der Waals surface area contributed by atoms with Gasteiger partial charge in [0.05, 0.1) is 18.5 Å². The highest BCUT2D eigenvalue weighted by Gasteiger charge is 2.18. The second-order valence-electron chi connectivity index (χ2n) is 4.55. The number of esters is 1. The average Bonchev–Trinajstić information content (AvgIpc) is 2.82. The SMILES string of the molecule is CCOC(=O)c1cnn(C)c1CNCC1CSCCS1. The number of aromatic nitrogens is 2. The molecule has 5 nitrogen and oxygen atoms in total. The number of aryl methyl sites for hydroxylation is 1. The van der Waals surface area contributed by atoms with Crippen LogP contribution in [0.4, 0.5) is 0 Å². The molecule has 0 amide bonds. The normalized spacial score (nSPS) is 19.0. The summed E-state index contributed by atoms with van der Waals surface area (Å²) in [6.07, 6.45) is 1.58. The van der Waals surface area contributed by atoms with Crippen LogP contribution in [-0.4, -0.2) is 51.4 Å². The van der Waals surface area contributed by atoms with Gasteiger partial charge in [0.25, 0.3) is 0 Å². The largest absolute Gasteiger partial charge is 0.462 e. The third-order valence-corrected chi connectivity index (χ3v) is 5.95. The summed E-state index contributed by atoms with van der Waals surface area (Å²) in [4.78, 5) is 11.8. The van der Waals surface area contributed by atoms with E-state index in [1.807, 2.05) is 37.5 Å². The zero-order chi connectivity index (χ0) is 14.4. The van der Waals surface area contributed by atoms with Gasteiger partial charge < -0.3 is 10.1 Å². The standard InChI is InChI=1S/C13H21N3O2S2/c1-3-18-13(17)11-7-15-16(2)12(11)8-14-6-10-9-19-4-5-20-10/h7,10,14H,3-6,8-9H2,1-2H3. The van der Waals surface area contributed by atoms with Gasteiger partial charge in [0.1, 0.15) is 5.56 Å². The molecule has 20 heavy (non-hydrogen) atoms. The number of carbonyl (C=O) groups is 1. The van der Waals surface area contributed by atoms with Crippen LogP contribution in [0.2, 0.25) is 0 Å².